The molecule has 3 aromatic rings. The second-order valence-corrected chi connectivity index (χ2v) is 8.53. The van der Waals surface area contributed by atoms with Gasteiger partial charge in [-0.05, 0) is 41.9 Å². The molecule has 1 amide bonds. The summed E-state index contributed by atoms with van der Waals surface area (Å²) in [6.45, 7) is 6.76. The van der Waals surface area contributed by atoms with Gasteiger partial charge in [-0.1, -0.05) is 67.6 Å². The molecule has 35 heavy (non-hydrogen) atoms. The number of hydrogen-bond acceptors (Lipinski definition) is 6. The second kappa shape index (κ2) is 11.2. The van der Waals surface area contributed by atoms with Crippen LogP contribution in [0.3, 0.4) is 0 Å². The molecular formula is C28H31N3O4. The number of carbonyl (C=O) groups excluding carboxylic acids is 2. The number of benzene rings is 3. The third-order valence-electron chi connectivity index (χ3n) is 6.35. The quantitative estimate of drug-likeness (QED) is 0.489. The van der Waals surface area contributed by atoms with Gasteiger partial charge in [0, 0.05) is 37.6 Å². The van der Waals surface area contributed by atoms with Crippen molar-refractivity contribution in [3.63, 3.8) is 0 Å². The van der Waals surface area contributed by atoms with Gasteiger partial charge in [0.1, 0.15) is 0 Å². The van der Waals surface area contributed by atoms with Gasteiger partial charge in [0.2, 0.25) is 5.60 Å². The Hall–Kier alpha value is -3.68. The Bertz CT molecular complexity index is 1070. The minimum Gasteiger partial charge on any atom is -0.453 e. The highest BCUT2D eigenvalue weighted by Crippen LogP contribution is 2.31. The Morgan fingerprint density at radius 3 is 1.91 bits per heavy atom. The molecular weight excluding hydrogens is 442 g/mol. The highest BCUT2D eigenvalue weighted by atomic mass is 16.6. The van der Waals surface area contributed by atoms with E-state index in [1.807, 2.05) is 24.3 Å². The molecule has 7 heteroatoms. The Balaban J connectivity index is 1.36. The predicted octanol–water partition coefficient (Wildman–Crippen LogP) is 3.25. The molecule has 0 bridgehead atoms. The lowest BCUT2D eigenvalue weighted by molar-refractivity contribution is -0.163. The van der Waals surface area contributed by atoms with Crippen molar-refractivity contribution in [1.82, 2.24) is 4.90 Å². The first kappa shape index (κ1) is 24.4. The summed E-state index contributed by atoms with van der Waals surface area (Å²) in [5, 5.41) is 14.1. The van der Waals surface area contributed by atoms with E-state index in [4.69, 9.17) is 4.74 Å². The number of ether oxygens (including phenoxy) is 1. The van der Waals surface area contributed by atoms with E-state index in [0.29, 0.717) is 16.8 Å². The van der Waals surface area contributed by atoms with E-state index >= 15 is 0 Å². The standard InChI is InChI=1S/C28H31N3O4/c1-2-30-17-19-31(20-18-30)25-15-13-24(14-16-25)29-26(32)21-35-27(33)28(34,22-9-5-3-6-10-22)23-11-7-4-8-12-23/h3-16,34H,2,17-21H2,1H3,(H,29,32). The van der Waals surface area contributed by atoms with Crippen LogP contribution >= 0.6 is 0 Å². The molecule has 1 aliphatic rings. The Kier molecular flexibility index (Phi) is 7.80. The molecule has 0 saturated carbocycles. The van der Waals surface area contributed by atoms with E-state index < -0.39 is 24.1 Å². The van der Waals surface area contributed by atoms with Gasteiger partial charge in [-0.25, -0.2) is 4.79 Å². The van der Waals surface area contributed by atoms with Gasteiger partial charge in [0.05, 0.1) is 0 Å². The minimum absolute atomic E-state index is 0.368. The fourth-order valence-corrected chi connectivity index (χ4v) is 4.27. The highest BCUT2D eigenvalue weighted by molar-refractivity contribution is 5.94. The minimum atomic E-state index is -2.02. The summed E-state index contributed by atoms with van der Waals surface area (Å²) < 4.78 is 5.28. The lowest BCUT2D eigenvalue weighted by Gasteiger charge is -2.35. The van der Waals surface area contributed by atoms with Crippen LogP contribution in [0.2, 0.25) is 0 Å². The molecule has 1 saturated heterocycles. The van der Waals surface area contributed by atoms with Crippen molar-refractivity contribution in [2.45, 2.75) is 12.5 Å². The number of nitrogens with one attached hydrogen (secondary N) is 1. The SMILES string of the molecule is CCN1CCN(c2ccc(NC(=O)COC(=O)C(O)(c3ccccc3)c3ccccc3)cc2)CC1. The molecule has 0 radical (unpaired) electrons. The summed E-state index contributed by atoms with van der Waals surface area (Å²) in [5.41, 5.74) is 0.440. The summed E-state index contributed by atoms with van der Waals surface area (Å²) in [6, 6.07) is 24.8. The van der Waals surface area contributed by atoms with Crippen molar-refractivity contribution in [3.05, 3.63) is 96.1 Å². The lowest BCUT2D eigenvalue weighted by Crippen LogP contribution is -2.46. The zero-order chi connectivity index (χ0) is 24.7. The number of nitrogens with zero attached hydrogens (tertiary/aromatic N) is 2. The first-order chi connectivity index (χ1) is 17.0. The normalized spacial score (nSPS) is 14.4. The summed E-state index contributed by atoms with van der Waals surface area (Å²) in [6.07, 6.45) is 0. The number of carbonyl (C=O) groups is 2. The molecule has 182 valence electrons. The van der Waals surface area contributed by atoms with Gasteiger partial charge < -0.3 is 25.0 Å². The average molecular weight is 474 g/mol. The lowest BCUT2D eigenvalue weighted by atomic mass is 9.86. The zero-order valence-electron chi connectivity index (χ0n) is 19.9. The van der Waals surface area contributed by atoms with E-state index in [2.05, 4.69) is 22.0 Å². The van der Waals surface area contributed by atoms with Crippen molar-refractivity contribution in [2.75, 3.05) is 49.5 Å². The fraction of sp³-hybridized carbons (Fsp3) is 0.286. The van der Waals surface area contributed by atoms with Crippen molar-refractivity contribution >= 4 is 23.3 Å². The molecule has 1 heterocycles. The Morgan fingerprint density at radius 2 is 1.40 bits per heavy atom. The van der Waals surface area contributed by atoms with Gasteiger partial charge in [-0.15, -0.1) is 0 Å². The molecule has 0 atom stereocenters. The first-order valence-corrected chi connectivity index (χ1v) is 11.9. The maximum absolute atomic E-state index is 13.0. The van der Waals surface area contributed by atoms with Crippen molar-refractivity contribution in [2.24, 2.45) is 0 Å². The average Bonchev–Trinajstić information content (AvgIpc) is 2.92. The van der Waals surface area contributed by atoms with E-state index in [0.717, 1.165) is 38.4 Å². The molecule has 0 aromatic heterocycles. The second-order valence-electron chi connectivity index (χ2n) is 8.53. The maximum Gasteiger partial charge on any atom is 0.348 e. The zero-order valence-corrected chi connectivity index (χ0v) is 19.9. The monoisotopic (exact) mass is 473 g/mol. The Labute approximate surface area is 205 Å². The van der Waals surface area contributed by atoms with Crippen LogP contribution in [0.4, 0.5) is 11.4 Å². The first-order valence-electron chi connectivity index (χ1n) is 11.9. The van der Waals surface area contributed by atoms with Crippen molar-refractivity contribution in [3.8, 4) is 0 Å². The van der Waals surface area contributed by atoms with E-state index in [1.54, 1.807) is 60.7 Å². The molecule has 1 fully saturated rings. The number of esters is 1. The van der Waals surface area contributed by atoms with Crippen molar-refractivity contribution < 1.29 is 19.4 Å². The smallest absolute Gasteiger partial charge is 0.348 e. The van der Waals surface area contributed by atoms with Crippen LogP contribution in [-0.2, 0) is 19.9 Å². The number of aliphatic hydroxyl groups is 1. The molecule has 0 unspecified atom stereocenters. The highest BCUT2D eigenvalue weighted by Gasteiger charge is 2.41. The summed E-state index contributed by atoms with van der Waals surface area (Å²) in [4.78, 5) is 30.3. The number of likely N-dealkylation sites (N-methyl/N-ethyl adjacent to an activating group) is 1. The third-order valence-corrected chi connectivity index (χ3v) is 6.35. The van der Waals surface area contributed by atoms with Crippen LogP contribution in [0.15, 0.2) is 84.9 Å². The van der Waals surface area contributed by atoms with E-state index in [1.165, 1.54) is 0 Å². The number of anilines is 2. The van der Waals surface area contributed by atoms with Crippen LogP contribution in [0.5, 0.6) is 0 Å². The van der Waals surface area contributed by atoms with Crippen LogP contribution < -0.4 is 10.2 Å². The number of piperazine rings is 1. The molecule has 0 spiro atoms. The molecule has 2 N–H and O–H groups in total. The maximum atomic E-state index is 13.0. The third kappa shape index (κ3) is 5.70. The molecule has 7 nitrogen and oxygen atoms in total. The molecule has 0 aliphatic carbocycles. The molecule has 4 rings (SSSR count). The summed E-state index contributed by atoms with van der Waals surface area (Å²) in [7, 11) is 0. The largest absolute Gasteiger partial charge is 0.453 e. The number of hydrogen-bond donors (Lipinski definition) is 2. The Morgan fingerprint density at radius 1 is 0.857 bits per heavy atom. The summed E-state index contributed by atoms with van der Waals surface area (Å²) >= 11 is 0. The predicted molar refractivity (Wildman–Crippen MR) is 136 cm³/mol. The van der Waals surface area contributed by atoms with Crippen molar-refractivity contribution in [1.29, 1.82) is 0 Å². The van der Waals surface area contributed by atoms with E-state index in [9.17, 15) is 14.7 Å². The van der Waals surface area contributed by atoms with Gasteiger partial charge in [-0.2, -0.15) is 0 Å². The number of rotatable bonds is 8. The van der Waals surface area contributed by atoms with Crippen LogP contribution in [0.25, 0.3) is 0 Å². The fourth-order valence-electron chi connectivity index (χ4n) is 4.27. The van der Waals surface area contributed by atoms with Gasteiger partial charge >= 0.3 is 5.97 Å². The molecule has 3 aromatic carbocycles. The van der Waals surface area contributed by atoms with Crippen LogP contribution in [0.1, 0.15) is 18.1 Å². The molecule has 1 aliphatic heterocycles. The van der Waals surface area contributed by atoms with Gasteiger partial charge in [0.15, 0.2) is 6.61 Å². The van der Waals surface area contributed by atoms with Crippen LogP contribution in [-0.4, -0.2) is 61.2 Å². The topological polar surface area (TPSA) is 82.1 Å². The van der Waals surface area contributed by atoms with Gasteiger partial charge in [0.25, 0.3) is 5.91 Å². The van der Waals surface area contributed by atoms with Crippen LogP contribution in [0, 0.1) is 0 Å². The van der Waals surface area contributed by atoms with E-state index in [-0.39, 0.29) is 0 Å². The summed E-state index contributed by atoms with van der Waals surface area (Å²) in [5.74, 6) is -1.39. The number of amides is 1. The van der Waals surface area contributed by atoms with Gasteiger partial charge in [-0.3, -0.25) is 4.79 Å².